The zero-order chi connectivity index (χ0) is 19.9. The van der Waals surface area contributed by atoms with Gasteiger partial charge < -0.3 is 16.0 Å². The molecule has 1 amide bonds. The van der Waals surface area contributed by atoms with E-state index in [0.717, 1.165) is 42.6 Å². The van der Waals surface area contributed by atoms with Crippen LogP contribution in [0, 0.1) is 0 Å². The molecule has 156 valence electrons. The van der Waals surface area contributed by atoms with Gasteiger partial charge in [-0.2, -0.15) is 0 Å². The molecule has 1 saturated heterocycles. The minimum atomic E-state index is 0. The average Bonchev–Trinajstić information content (AvgIpc) is 3.11. The van der Waals surface area contributed by atoms with Crippen LogP contribution in [-0.4, -0.2) is 23.3 Å². The van der Waals surface area contributed by atoms with Gasteiger partial charge in [-0.05, 0) is 41.5 Å². The smallest absolute Gasteiger partial charge is 0.222 e. The summed E-state index contributed by atoms with van der Waals surface area (Å²) in [5.74, 6) is 0.675. The molecule has 0 atom stereocenters. The highest BCUT2D eigenvalue weighted by Crippen LogP contribution is 2.22. The van der Waals surface area contributed by atoms with Crippen molar-refractivity contribution >= 4 is 41.5 Å². The largest absolute Gasteiger partial charge is 0.370 e. The van der Waals surface area contributed by atoms with Gasteiger partial charge in [-0.3, -0.25) is 4.79 Å². The van der Waals surface area contributed by atoms with Crippen molar-refractivity contribution in [2.24, 2.45) is 10.7 Å². The highest BCUT2D eigenvalue weighted by atomic mass is 127. The third-order valence-electron chi connectivity index (χ3n) is 5.22. The molecule has 0 spiro atoms. The van der Waals surface area contributed by atoms with Crippen molar-refractivity contribution in [3.8, 4) is 0 Å². The molecule has 2 aromatic rings. The Morgan fingerprint density at radius 1 is 1.10 bits per heavy atom. The van der Waals surface area contributed by atoms with Crippen molar-refractivity contribution in [2.45, 2.75) is 52.6 Å². The predicted octanol–water partition coefficient (Wildman–Crippen LogP) is 4.48. The number of likely N-dealkylation sites (tertiary alicyclic amines) is 1. The summed E-state index contributed by atoms with van der Waals surface area (Å²) >= 11 is 0. The maximum atomic E-state index is 11.8. The van der Waals surface area contributed by atoms with Crippen molar-refractivity contribution < 1.29 is 4.79 Å². The normalized spacial score (nSPS) is 14.1. The molecule has 0 bridgehead atoms. The predicted molar refractivity (Wildman–Crippen MR) is 131 cm³/mol. The topological polar surface area (TPSA) is 70.7 Å². The second kappa shape index (κ2) is 11.2. The van der Waals surface area contributed by atoms with Gasteiger partial charge in [0.25, 0.3) is 0 Å². The number of carbonyl (C=O) groups excluding carboxylic acids is 1. The standard InChI is InChI=1S/C23H30N4O.HI/c1-3-19-10-6-11-20(4-2)22(19)26-23(24)25-15-17-8-5-9-18(14-17)16-27-13-7-12-21(27)28;/h5-6,8-11,14H,3-4,7,12-13,15-16H2,1-2H3,(H3,24,25,26);1H. The molecule has 1 fully saturated rings. The zero-order valence-electron chi connectivity index (χ0n) is 17.3. The van der Waals surface area contributed by atoms with Crippen LogP contribution >= 0.6 is 24.0 Å². The van der Waals surface area contributed by atoms with Crippen LogP contribution in [0.25, 0.3) is 0 Å². The van der Waals surface area contributed by atoms with E-state index in [4.69, 9.17) is 5.73 Å². The number of halogens is 1. The van der Waals surface area contributed by atoms with Crippen molar-refractivity contribution in [3.63, 3.8) is 0 Å². The van der Waals surface area contributed by atoms with Crippen LogP contribution in [0.15, 0.2) is 47.5 Å². The first-order chi connectivity index (χ1) is 13.6. The number of hydrogen-bond donors (Lipinski definition) is 2. The minimum Gasteiger partial charge on any atom is -0.370 e. The number of nitrogens with two attached hydrogens (primary N) is 1. The first-order valence-corrected chi connectivity index (χ1v) is 10.1. The minimum absolute atomic E-state index is 0. The molecule has 1 aliphatic rings. The Balaban J connectivity index is 0.00000300. The number of anilines is 1. The molecule has 0 aromatic heterocycles. The van der Waals surface area contributed by atoms with E-state index in [1.807, 2.05) is 17.0 Å². The van der Waals surface area contributed by atoms with E-state index < -0.39 is 0 Å². The van der Waals surface area contributed by atoms with E-state index in [1.54, 1.807) is 0 Å². The number of rotatable bonds is 7. The lowest BCUT2D eigenvalue weighted by atomic mass is 10.0. The molecule has 0 unspecified atom stereocenters. The number of guanidine groups is 1. The van der Waals surface area contributed by atoms with Crippen LogP contribution in [0.2, 0.25) is 0 Å². The number of carbonyl (C=O) groups is 1. The molecular formula is C23H31IN4O. The molecule has 6 heteroatoms. The SMILES string of the molecule is CCc1cccc(CC)c1NC(N)=NCc1cccc(CN2CCCC2=O)c1.I. The van der Waals surface area contributed by atoms with Crippen molar-refractivity contribution in [2.75, 3.05) is 11.9 Å². The van der Waals surface area contributed by atoms with E-state index in [9.17, 15) is 4.79 Å². The van der Waals surface area contributed by atoms with Crippen LogP contribution in [0.5, 0.6) is 0 Å². The number of hydrogen-bond acceptors (Lipinski definition) is 2. The summed E-state index contributed by atoms with van der Waals surface area (Å²) in [5.41, 5.74) is 12.0. The maximum absolute atomic E-state index is 11.8. The zero-order valence-corrected chi connectivity index (χ0v) is 19.6. The Kier molecular flexibility index (Phi) is 8.95. The molecule has 0 radical (unpaired) electrons. The lowest BCUT2D eigenvalue weighted by molar-refractivity contribution is -0.128. The van der Waals surface area contributed by atoms with Gasteiger partial charge in [-0.1, -0.05) is 56.3 Å². The van der Waals surface area contributed by atoms with Crippen LogP contribution in [0.3, 0.4) is 0 Å². The molecule has 5 nitrogen and oxygen atoms in total. The Morgan fingerprint density at radius 2 is 1.76 bits per heavy atom. The fraction of sp³-hybridized carbons (Fsp3) is 0.391. The monoisotopic (exact) mass is 506 g/mol. The van der Waals surface area contributed by atoms with Crippen LogP contribution in [0.1, 0.15) is 48.9 Å². The second-order valence-electron chi connectivity index (χ2n) is 7.22. The van der Waals surface area contributed by atoms with Crippen molar-refractivity contribution in [1.82, 2.24) is 4.90 Å². The Hall–Kier alpha value is -2.09. The first-order valence-electron chi connectivity index (χ1n) is 10.1. The lowest BCUT2D eigenvalue weighted by Crippen LogP contribution is -2.24. The Morgan fingerprint density at radius 3 is 2.38 bits per heavy atom. The van der Waals surface area contributed by atoms with Gasteiger partial charge in [0.15, 0.2) is 5.96 Å². The fourth-order valence-electron chi connectivity index (χ4n) is 3.67. The summed E-state index contributed by atoms with van der Waals surface area (Å²) in [7, 11) is 0. The van der Waals surface area contributed by atoms with Crippen molar-refractivity contribution in [1.29, 1.82) is 0 Å². The number of nitrogens with zero attached hydrogens (tertiary/aromatic N) is 2. The maximum Gasteiger partial charge on any atom is 0.222 e. The summed E-state index contributed by atoms with van der Waals surface area (Å²) in [6.07, 6.45) is 3.52. The molecule has 2 aromatic carbocycles. The summed E-state index contributed by atoms with van der Waals surface area (Å²) in [6, 6.07) is 14.6. The molecule has 3 N–H and O–H groups in total. The second-order valence-corrected chi connectivity index (χ2v) is 7.22. The molecule has 3 rings (SSSR count). The highest BCUT2D eigenvalue weighted by molar-refractivity contribution is 14.0. The number of nitrogens with one attached hydrogen (secondary N) is 1. The lowest BCUT2D eigenvalue weighted by Gasteiger charge is -2.16. The van der Waals surface area contributed by atoms with E-state index in [1.165, 1.54) is 11.1 Å². The first kappa shape index (κ1) is 23.2. The average molecular weight is 506 g/mol. The quantitative estimate of drug-likeness (QED) is 0.331. The molecule has 1 heterocycles. The number of aryl methyl sites for hydroxylation is 2. The summed E-state index contributed by atoms with van der Waals surface area (Å²) < 4.78 is 0. The van der Waals surface area contributed by atoms with E-state index in [0.29, 0.717) is 25.5 Å². The van der Waals surface area contributed by atoms with Gasteiger partial charge >= 0.3 is 0 Å². The van der Waals surface area contributed by atoms with Gasteiger partial charge in [-0.25, -0.2) is 4.99 Å². The molecule has 0 aliphatic carbocycles. The van der Waals surface area contributed by atoms with Crippen LogP contribution in [0.4, 0.5) is 5.69 Å². The van der Waals surface area contributed by atoms with E-state index in [-0.39, 0.29) is 29.9 Å². The van der Waals surface area contributed by atoms with Gasteiger partial charge in [0.1, 0.15) is 0 Å². The van der Waals surface area contributed by atoms with Gasteiger partial charge in [0.2, 0.25) is 5.91 Å². The summed E-state index contributed by atoms with van der Waals surface area (Å²) in [5, 5.41) is 3.31. The van der Waals surface area contributed by atoms with Gasteiger partial charge in [0.05, 0.1) is 6.54 Å². The number of benzene rings is 2. The van der Waals surface area contributed by atoms with Crippen molar-refractivity contribution in [3.05, 3.63) is 64.7 Å². The third kappa shape index (κ3) is 6.19. The van der Waals surface area contributed by atoms with Crippen LogP contribution in [-0.2, 0) is 30.7 Å². The molecule has 0 saturated carbocycles. The Bertz CT molecular complexity index is 843. The van der Waals surface area contributed by atoms with E-state index in [2.05, 4.69) is 54.5 Å². The molecular weight excluding hydrogens is 475 g/mol. The Labute approximate surface area is 190 Å². The number of para-hydroxylation sites is 1. The molecule has 1 aliphatic heterocycles. The fourth-order valence-corrected chi connectivity index (χ4v) is 3.67. The van der Waals surface area contributed by atoms with Gasteiger partial charge in [-0.15, -0.1) is 24.0 Å². The van der Waals surface area contributed by atoms with Crippen LogP contribution < -0.4 is 11.1 Å². The summed E-state index contributed by atoms with van der Waals surface area (Å²) in [6.45, 7) is 6.33. The van der Waals surface area contributed by atoms with Gasteiger partial charge in [0, 0.05) is 25.2 Å². The number of amides is 1. The molecule has 29 heavy (non-hydrogen) atoms. The van der Waals surface area contributed by atoms with E-state index >= 15 is 0 Å². The highest BCUT2D eigenvalue weighted by Gasteiger charge is 2.19. The number of aliphatic imine (C=N–C) groups is 1. The third-order valence-corrected chi connectivity index (χ3v) is 5.22. The summed E-state index contributed by atoms with van der Waals surface area (Å²) in [4.78, 5) is 18.3.